The van der Waals surface area contributed by atoms with Crippen LogP contribution in [0, 0.1) is 0 Å². The van der Waals surface area contributed by atoms with Crippen LogP contribution in [0.4, 0.5) is 19.0 Å². The molecular weight excluding hydrogens is 439 g/mol. The molecule has 0 aliphatic carbocycles. The van der Waals surface area contributed by atoms with Crippen LogP contribution >= 0.6 is 0 Å². The van der Waals surface area contributed by atoms with Gasteiger partial charge in [0.05, 0.1) is 5.56 Å². The minimum absolute atomic E-state index is 0.0485. The molecule has 0 radical (unpaired) electrons. The van der Waals surface area contributed by atoms with Crippen LogP contribution in [0.25, 0.3) is 0 Å². The Hall–Kier alpha value is -3.30. The summed E-state index contributed by atoms with van der Waals surface area (Å²) in [6.45, 7) is 2.04. The third-order valence-electron chi connectivity index (χ3n) is 5.70. The van der Waals surface area contributed by atoms with Crippen molar-refractivity contribution >= 4 is 17.5 Å². The number of benzene rings is 1. The number of ether oxygens (including phenoxy) is 2. The van der Waals surface area contributed by atoms with Gasteiger partial charge in [0.2, 0.25) is 5.91 Å². The molecule has 3 heterocycles. The Labute approximate surface area is 188 Å². The van der Waals surface area contributed by atoms with Crippen LogP contribution in [0.2, 0.25) is 0 Å². The SMILES string of the molecule is O=C(CCC(=O)c1ccc2c(c1)OCCO2)NC1CCN(c2ccc(C(F)(F)F)cn2)CC1. The third-order valence-corrected chi connectivity index (χ3v) is 5.70. The van der Waals surface area contributed by atoms with Gasteiger partial charge in [-0.05, 0) is 43.2 Å². The predicted octanol–water partition coefficient (Wildman–Crippen LogP) is 3.62. The molecule has 0 saturated carbocycles. The van der Waals surface area contributed by atoms with Crippen LogP contribution in [0.3, 0.4) is 0 Å². The first kappa shape index (κ1) is 22.9. The Balaban J connectivity index is 1.21. The number of carbonyl (C=O) groups excluding carboxylic acids is 2. The van der Waals surface area contributed by atoms with Crippen molar-refractivity contribution in [3.05, 3.63) is 47.7 Å². The molecule has 1 fully saturated rings. The Bertz CT molecular complexity index is 1000. The molecule has 4 rings (SSSR count). The summed E-state index contributed by atoms with van der Waals surface area (Å²) in [5, 5.41) is 2.94. The van der Waals surface area contributed by atoms with Crippen LogP contribution in [0.1, 0.15) is 41.6 Å². The van der Waals surface area contributed by atoms with Gasteiger partial charge in [0.15, 0.2) is 17.3 Å². The fourth-order valence-electron chi connectivity index (χ4n) is 3.88. The van der Waals surface area contributed by atoms with Crippen molar-refractivity contribution in [2.24, 2.45) is 0 Å². The zero-order chi connectivity index (χ0) is 23.4. The van der Waals surface area contributed by atoms with E-state index in [1.54, 1.807) is 18.2 Å². The Morgan fingerprint density at radius 3 is 2.42 bits per heavy atom. The standard InChI is InChI=1S/C23H24F3N3O4/c24-23(25,26)16-2-5-21(27-14-16)29-9-7-17(8-10-29)28-22(31)6-3-18(30)15-1-4-19-20(13-15)33-12-11-32-19/h1-2,4-5,13-14,17H,3,6-12H2,(H,28,31). The number of ketones is 1. The Morgan fingerprint density at radius 2 is 1.76 bits per heavy atom. The van der Waals surface area contributed by atoms with E-state index in [0.717, 1.165) is 12.3 Å². The first-order valence-corrected chi connectivity index (χ1v) is 10.8. The molecule has 1 N–H and O–H groups in total. The van der Waals surface area contributed by atoms with Crippen LogP contribution in [0.5, 0.6) is 11.5 Å². The number of alkyl halides is 3. The molecule has 1 aromatic carbocycles. The quantitative estimate of drug-likeness (QED) is 0.660. The molecule has 2 aliphatic rings. The van der Waals surface area contributed by atoms with E-state index in [9.17, 15) is 22.8 Å². The summed E-state index contributed by atoms with van der Waals surface area (Å²) in [5.74, 6) is 1.27. The summed E-state index contributed by atoms with van der Waals surface area (Å²) in [6, 6.07) is 7.34. The summed E-state index contributed by atoms with van der Waals surface area (Å²) in [4.78, 5) is 30.6. The number of rotatable bonds is 6. The Morgan fingerprint density at radius 1 is 1.03 bits per heavy atom. The summed E-state index contributed by atoms with van der Waals surface area (Å²) < 4.78 is 49.0. The lowest BCUT2D eigenvalue weighted by atomic mass is 10.0. The highest BCUT2D eigenvalue weighted by molar-refractivity contribution is 5.98. The molecular formula is C23H24F3N3O4. The van der Waals surface area contributed by atoms with E-state index in [-0.39, 0.29) is 30.6 Å². The average Bonchev–Trinajstić information content (AvgIpc) is 2.82. The maximum atomic E-state index is 12.7. The number of nitrogens with one attached hydrogen (secondary N) is 1. The van der Waals surface area contributed by atoms with E-state index < -0.39 is 11.7 Å². The third kappa shape index (κ3) is 5.74. The van der Waals surface area contributed by atoms with Crippen molar-refractivity contribution in [3.8, 4) is 11.5 Å². The summed E-state index contributed by atoms with van der Waals surface area (Å²) in [6.07, 6.45) is -2.13. The van der Waals surface area contributed by atoms with Gasteiger partial charge < -0.3 is 19.7 Å². The fourth-order valence-corrected chi connectivity index (χ4v) is 3.88. The number of pyridine rings is 1. The highest BCUT2D eigenvalue weighted by atomic mass is 19.4. The van der Waals surface area contributed by atoms with Crippen molar-refractivity contribution in [2.45, 2.75) is 37.9 Å². The number of aromatic nitrogens is 1. The molecule has 0 bridgehead atoms. The van der Waals surface area contributed by atoms with Gasteiger partial charge in [0, 0.05) is 43.7 Å². The van der Waals surface area contributed by atoms with E-state index in [4.69, 9.17) is 9.47 Å². The second kappa shape index (κ2) is 9.68. The lowest BCUT2D eigenvalue weighted by molar-refractivity contribution is -0.137. The van der Waals surface area contributed by atoms with Gasteiger partial charge in [-0.3, -0.25) is 9.59 Å². The minimum Gasteiger partial charge on any atom is -0.486 e. The Kier molecular flexibility index (Phi) is 6.71. The van der Waals surface area contributed by atoms with E-state index in [0.29, 0.717) is 62.0 Å². The van der Waals surface area contributed by atoms with Crippen molar-refractivity contribution in [1.29, 1.82) is 0 Å². The largest absolute Gasteiger partial charge is 0.486 e. The lowest BCUT2D eigenvalue weighted by Gasteiger charge is -2.33. The fraction of sp³-hybridized carbons (Fsp3) is 0.435. The van der Waals surface area contributed by atoms with Crippen LogP contribution in [0.15, 0.2) is 36.5 Å². The zero-order valence-corrected chi connectivity index (χ0v) is 17.9. The molecule has 2 aliphatic heterocycles. The van der Waals surface area contributed by atoms with Crippen LogP contribution in [-0.2, 0) is 11.0 Å². The molecule has 1 saturated heterocycles. The second-order valence-corrected chi connectivity index (χ2v) is 8.01. The van der Waals surface area contributed by atoms with E-state index in [1.807, 2.05) is 4.90 Å². The van der Waals surface area contributed by atoms with Gasteiger partial charge in [-0.2, -0.15) is 13.2 Å². The molecule has 33 heavy (non-hydrogen) atoms. The summed E-state index contributed by atoms with van der Waals surface area (Å²) in [5.41, 5.74) is -0.302. The number of fused-ring (bicyclic) bond motifs is 1. The normalized spacial score (nSPS) is 16.4. The smallest absolute Gasteiger partial charge is 0.417 e. The number of piperidine rings is 1. The number of carbonyl (C=O) groups is 2. The topological polar surface area (TPSA) is 80.8 Å². The maximum absolute atomic E-state index is 12.7. The molecule has 176 valence electrons. The molecule has 10 heteroatoms. The van der Waals surface area contributed by atoms with Gasteiger partial charge in [-0.25, -0.2) is 4.98 Å². The van der Waals surface area contributed by atoms with Gasteiger partial charge in [0.1, 0.15) is 19.0 Å². The average molecular weight is 463 g/mol. The van der Waals surface area contributed by atoms with Crippen molar-refractivity contribution < 1.29 is 32.2 Å². The van der Waals surface area contributed by atoms with Gasteiger partial charge in [-0.15, -0.1) is 0 Å². The number of amides is 1. The van der Waals surface area contributed by atoms with Crippen molar-refractivity contribution in [1.82, 2.24) is 10.3 Å². The monoisotopic (exact) mass is 463 g/mol. The zero-order valence-electron chi connectivity index (χ0n) is 17.9. The first-order chi connectivity index (χ1) is 15.8. The van der Waals surface area contributed by atoms with Crippen molar-refractivity contribution in [2.75, 3.05) is 31.2 Å². The van der Waals surface area contributed by atoms with Crippen LogP contribution < -0.4 is 19.7 Å². The first-order valence-electron chi connectivity index (χ1n) is 10.8. The van der Waals surface area contributed by atoms with Gasteiger partial charge >= 0.3 is 6.18 Å². The molecule has 1 amide bonds. The predicted molar refractivity (Wildman–Crippen MR) is 114 cm³/mol. The number of anilines is 1. The minimum atomic E-state index is -4.41. The van der Waals surface area contributed by atoms with Crippen molar-refractivity contribution in [3.63, 3.8) is 0 Å². The summed E-state index contributed by atoms with van der Waals surface area (Å²) >= 11 is 0. The molecule has 7 nitrogen and oxygen atoms in total. The molecule has 0 atom stereocenters. The number of Topliss-reactive ketones (excluding diaryl/α,β-unsaturated/α-hetero) is 1. The van der Waals surface area contributed by atoms with E-state index in [2.05, 4.69) is 10.3 Å². The molecule has 0 spiro atoms. The summed E-state index contributed by atoms with van der Waals surface area (Å²) in [7, 11) is 0. The number of halogens is 3. The number of nitrogens with zero attached hydrogens (tertiary/aromatic N) is 2. The van der Waals surface area contributed by atoms with Gasteiger partial charge in [0.25, 0.3) is 0 Å². The van der Waals surface area contributed by atoms with Crippen LogP contribution in [-0.4, -0.2) is 49.0 Å². The highest BCUT2D eigenvalue weighted by Gasteiger charge is 2.31. The van der Waals surface area contributed by atoms with Gasteiger partial charge in [-0.1, -0.05) is 0 Å². The highest BCUT2D eigenvalue weighted by Crippen LogP contribution is 2.31. The van der Waals surface area contributed by atoms with E-state index in [1.165, 1.54) is 6.07 Å². The second-order valence-electron chi connectivity index (χ2n) is 8.01. The number of hydrogen-bond acceptors (Lipinski definition) is 6. The molecule has 0 unspecified atom stereocenters. The maximum Gasteiger partial charge on any atom is 0.417 e. The lowest BCUT2D eigenvalue weighted by Crippen LogP contribution is -2.45. The molecule has 1 aromatic heterocycles. The number of hydrogen-bond donors (Lipinski definition) is 1. The van der Waals surface area contributed by atoms with E-state index >= 15 is 0 Å². The molecule has 2 aromatic rings.